The van der Waals surface area contributed by atoms with Gasteiger partial charge in [-0.2, -0.15) is 5.10 Å². The van der Waals surface area contributed by atoms with E-state index < -0.39 is 0 Å². The second kappa shape index (κ2) is 6.32. The smallest absolute Gasteiger partial charge is 0.272 e. The van der Waals surface area contributed by atoms with E-state index in [-0.39, 0.29) is 11.9 Å². The van der Waals surface area contributed by atoms with Crippen LogP contribution in [-0.4, -0.2) is 47.2 Å². The van der Waals surface area contributed by atoms with Crippen LogP contribution >= 0.6 is 0 Å². The van der Waals surface area contributed by atoms with Crippen molar-refractivity contribution in [1.82, 2.24) is 20.4 Å². The maximum absolute atomic E-state index is 12.7. The van der Waals surface area contributed by atoms with Crippen LogP contribution in [0, 0.1) is 6.92 Å². The van der Waals surface area contributed by atoms with Gasteiger partial charge in [0.2, 0.25) is 0 Å². The van der Waals surface area contributed by atoms with Crippen LogP contribution in [0.4, 0.5) is 0 Å². The molecule has 1 amide bonds. The zero-order valence-electron chi connectivity index (χ0n) is 13.1. The molecule has 0 bridgehead atoms. The summed E-state index contributed by atoms with van der Waals surface area (Å²) in [6, 6.07) is 10.3. The molecule has 0 radical (unpaired) electrons. The molecule has 1 aliphatic heterocycles. The molecule has 1 fully saturated rings. The fraction of sp³-hybridized carbons (Fsp3) is 0.412. The molecule has 1 aromatic carbocycles. The van der Waals surface area contributed by atoms with E-state index >= 15 is 0 Å². The van der Waals surface area contributed by atoms with E-state index in [0.717, 1.165) is 37.2 Å². The van der Waals surface area contributed by atoms with Gasteiger partial charge >= 0.3 is 0 Å². The lowest BCUT2D eigenvalue weighted by Gasteiger charge is -2.23. The van der Waals surface area contributed by atoms with Crippen molar-refractivity contribution in [3.05, 3.63) is 41.6 Å². The van der Waals surface area contributed by atoms with Crippen molar-refractivity contribution in [3.63, 3.8) is 0 Å². The highest BCUT2D eigenvalue weighted by molar-refractivity contribution is 5.93. The molecule has 2 aromatic rings. The highest BCUT2D eigenvalue weighted by Gasteiger charge is 2.29. The molecule has 0 saturated carbocycles. The van der Waals surface area contributed by atoms with Gasteiger partial charge in [-0.1, -0.05) is 29.8 Å². The van der Waals surface area contributed by atoms with Crippen LogP contribution in [0.3, 0.4) is 0 Å². The minimum absolute atomic E-state index is 0.0450. The van der Waals surface area contributed by atoms with Gasteiger partial charge in [-0.05, 0) is 32.9 Å². The largest absolute Gasteiger partial charge is 0.333 e. The summed E-state index contributed by atoms with van der Waals surface area (Å²) >= 11 is 0. The Labute approximate surface area is 130 Å². The zero-order chi connectivity index (χ0) is 15.5. The van der Waals surface area contributed by atoms with Crippen LogP contribution in [0.15, 0.2) is 30.3 Å². The lowest BCUT2D eigenvalue weighted by Crippen LogP contribution is -2.41. The predicted molar refractivity (Wildman–Crippen MR) is 86.7 cm³/mol. The highest BCUT2D eigenvalue weighted by atomic mass is 16.2. The first-order chi connectivity index (χ1) is 10.7. The molecule has 2 N–H and O–H groups in total. The van der Waals surface area contributed by atoms with Crippen molar-refractivity contribution in [2.24, 2.45) is 0 Å². The summed E-state index contributed by atoms with van der Waals surface area (Å²) in [5, 5.41) is 10.4. The number of hydrogen-bond donors (Lipinski definition) is 2. The number of amides is 1. The number of aromatic amines is 1. The predicted octanol–water partition coefficient (Wildman–Crippen LogP) is 2.21. The number of carbonyl (C=O) groups excluding carboxylic acids is 1. The third-order valence-corrected chi connectivity index (χ3v) is 4.23. The molecule has 0 spiro atoms. The van der Waals surface area contributed by atoms with E-state index in [0.29, 0.717) is 5.69 Å². The summed E-state index contributed by atoms with van der Waals surface area (Å²) < 4.78 is 0. The fourth-order valence-corrected chi connectivity index (χ4v) is 3.01. The van der Waals surface area contributed by atoms with Crippen LogP contribution in [0.1, 0.15) is 28.9 Å². The van der Waals surface area contributed by atoms with E-state index in [9.17, 15) is 4.79 Å². The summed E-state index contributed by atoms with van der Waals surface area (Å²) in [5.74, 6) is 0.0450. The molecule has 1 saturated heterocycles. The molecule has 5 nitrogen and oxygen atoms in total. The topological polar surface area (TPSA) is 61.0 Å². The molecule has 1 atom stereocenters. The Bertz CT molecular complexity index is 647. The van der Waals surface area contributed by atoms with Gasteiger partial charge in [0.15, 0.2) is 0 Å². The maximum Gasteiger partial charge on any atom is 0.272 e. The molecule has 1 aliphatic rings. The fourth-order valence-electron chi connectivity index (χ4n) is 3.01. The first-order valence-electron chi connectivity index (χ1n) is 7.77. The number of hydrogen-bond acceptors (Lipinski definition) is 3. The minimum Gasteiger partial charge on any atom is -0.333 e. The lowest BCUT2D eigenvalue weighted by atomic mass is 10.1. The quantitative estimate of drug-likeness (QED) is 0.910. The number of carbonyl (C=O) groups is 1. The molecule has 2 heterocycles. The average molecular weight is 298 g/mol. The number of aromatic nitrogens is 2. The van der Waals surface area contributed by atoms with Crippen molar-refractivity contribution < 1.29 is 4.79 Å². The molecule has 5 heteroatoms. The van der Waals surface area contributed by atoms with Crippen LogP contribution in [0.2, 0.25) is 0 Å². The summed E-state index contributed by atoms with van der Waals surface area (Å²) in [6.45, 7) is 3.72. The monoisotopic (exact) mass is 298 g/mol. The highest BCUT2D eigenvalue weighted by Crippen LogP contribution is 2.22. The van der Waals surface area contributed by atoms with Crippen molar-refractivity contribution >= 4 is 5.91 Å². The summed E-state index contributed by atoms with van der Waals surface area (Å²) in [4.78, 5) is 14.6. The molecule has 0 aliphatic carbocycles. The van der Waals surface area contributed by atoms with Gasteiger partial charge in [0.1, 0.15) is 5.69 Å². The van der Waals surface area contributed by atoms with Crippen molar-refractivity contribution in [3.8, 4) is 11.3 Å². The van der Waals surface area contributed by atoms with Gasteiger partial charge in [-0.25, -0.2) is 0 Å². The number of likely N-dealkylation sites (tertiary alicyclic amines) is 1. The number of aryl methyl sites for hydroxylation is 1. The first kappa shape index (κ1) is 14.8. The van der Waals surface area contributed by atoms with E-state index in [4.69, 9.17) is 0 Å². The van der Waals surface area contributed by atoms with E-state index in [1.165, 1.54) is 5.56 Å². The molecular formula is C17H22N4O. The Hall–Kier alpha value is -2.14. The molecule has 1 unspecified atom stereocenters. The van der Waals surface area contributed by atoms with Gasteiger partial charge in [0, 0.05) is 24.7 Å². The number of nitrogens with one attached hydrogen (secondary N) is 2. The number of benzene rings is 1. The second-order valence-electron chi connectivity index (χ2n) is 5.89. The van der Waals surface area contributed by atoms with Crippen molar-refractivity contribution in [2.75, 3.05) is 20.1 Å². The third-order valence-electron chi connectivity index (χ3n) is 4.23. The molecular weight excluding hydrogens is 276 g/mol. The SMILES string of the molecule is CNCC1CCCN1C(=O)c1cc(-c2ccc(C)cc2)n[nH]1. The van der Waals surface area contributed by atoms with Gasteiger partial charge < -0.3 is 10.2 Å². The van der Waals surface area contributed by atoms with E-state index in [1.54, 1.807) is 0 Å². The molecule has 22 heavy (non-hydrogen) atoms. The van der Waals surface area contributed by atoms with Crippen LogP contribution in [0.25, 0.3) is 11.3 Å². The Morgan fingerprint density at radius 2 is 2.18 bits per heavy atom. The van der Waals surface area contributed by atoms with Gasteiger partial charge in [-0.3, -0.25) is 9.89 Å². The molecule has 116 valence electrons. The standard InChI is InChI=1S/C17H22N4O/c1-12-5-7-13(8-6-12)15-10-16(20-19-15)17(22)21-9-3-4-14(21)11-18-2/h5-8,10,14,18H,3-4,9,11H2,1-2H3,(H,19,20). The Morgan fingerprint density at radius 1 is 1.41 bits per heavy atom. The van der Waals surface area contributed by atoms with Crippen LogP contribution < -0.4 is 5.32 Å². The van der Waals surface area contributed by atoms with Crippen LogP contribution in [-0.2, 0) is 0 Å². The summed E-state index contributed by atoms with van der Waals surface area (Å²) in [5.41, 5.74) is 3.61. The number of nitrogens with zero attached hydrogens (tertiary/aromatic N) is 2. The third kappa shape index (κ3) is 2.90. The Balaban J connectivity index is 1.78. The average Bonchev–Trinajstić information content (AvgIpc) is 3.17. The van der Waals surface area contributed by atoms with Crippen molar-refractivity contribution in [2.45, 2.75) is 25.8 Å². The van der Waals surface area contributed by atoms with Crippen LogP contribution in [0.5, 0.6) is 0 Å². The number of likely N-dealkylation sites (N-methyl/N-ethyl adjacent to an activating group) is 1. The lowest BCUT2D eigenvalue weighted by molar-refractivity contribution is 0.0731. The van der Waals surface area contributed by atoms with E-state index in [1.807, 2.05) is 30.1 Å². The number of H-pyrrole nitrogens is 1. The van der Waals surface area contributed by atoms with Gasteiger partial charge in [-0.15, -0.1) is 0 Å². The molecule has 1 aromatic heterocycles. The zero-order valence-corrected chi connectivity index (χ0v) is 13.1. The minimum atomic E-state index is 0.0450. The number of rotatable bonds is 4. The summed E-state index contributed by atoms with van der Waals surface area (Å²) in [6.07, 6.45) is 2.13. The maximum atomic E-state index is 12.7. The molecule has 3 rings (SSSR count). The normalized spacial score (nSPS) is 17.9. The van der Waals surface area contributed by atoms with Gasteiger partial charge in [0.25, 0.3) is 5.91 Å². The Morgan fingerprint density at radius 3 is 2.91 bits per heavy atom. The van der Waals surface area contributed by atoms with E-state index in [2.05, 4.69) is 34.6 Å². The first-order valence-corrected chi connectivity index (χ1v) is 7.77. The van der Waals surface area contributed by atoms with Gasteiger partial charge in [0.05, 0.1) is 5.69 Å². The Kier molecular flexibility index (Phi) is 4.24. The second-order valence-corrected chi connectivity index (χ2v) is 5.89. The summed E-state index contributed by atoms with van der Waals surface area (Å²) in [7, 11) is 1.92. The van der Waals surface area contributed by atoms with Crippen molar-refractivity contribution in [1.29, 1.82) is 0 Å².